The third-order valence-electron chi connectivity index (χ3n) is 2.91. The molecule has 1 atom stereocenters. The van der Waals surface area contributed by atoms with E-state index in [1.54, 1.807) is 6.92 Å². The Morgan fingerprint density at radius 1 is 1.27 bits per heavy atom. The van der Waals surface area contributed by atoms with Crippen molar-refractivity contribution in [3.63, 3.8) is 0 Å². The van der Waals surface area contributed by atoms with Crippen molar-refractivity contribution in [3.8, 4) is 0 Å². The minimum Gasteiger partial charge on any atom is -0.301 e. The molecule has 0 radical (unpaired) electrons. The summed E-state index contributed by atoms with van der Waals surface area (Å²) in [4.78, 5) is 10.9. The highest BCUT2D eigenvalue weighted by Crippen LogP contribution is 2.23. The lowest BCUT2D eigenvalue weighted by atomic mass is 10.0. The third kappa shape index (κ3) is 3.87. The predicted molar refractivity (Wildman–Crippen MR) is 84.1 cm³/mol. The van der Waals surface area contributed by atoms with E-state index in [4.69, 9.17) is 0 Å². The Kier molecular flexibility index (Phi) is 4.89. The van der Waals surface area contributed by atoms with Crippen LogP contribution in [0.3, 0.4) is 0 Å². The van der Waals surface area contributed by atoms with Gasteiger partial charge in [-0.2, -0.15) is 0 Å². The highest BCUT2D eigenvalue weighted by molar-refractivity contribution is 7.91. The maximum absolute atomic E-state index is 12.3. The lowest BCUT2D eigenvalue weighted by Gasteiger charge is -2.15. The van der Waals surface area contributed by atoms with E-state index in [2.05, 4.69) is 20.2 Å². The predicted octanol–water partition coefficient (Wildman–Crippen LogP) is 1.84. The van der Waals surface area contributed by atoms with Crippen LogP contribution >= 0.6 is 11.3 Å². The molecule has 118 valence electrons. The largest absolute Gasteiger partial charge is 0.301 e. The van der Waals surface area contributed by atoms with Gasteiger partial charge in [-0.3, -0.25) is 4.79 Å². The number of rotatable bonds is 5. The first-order valence-corrected chi connectivity index (χ1v) is 8.78. The molecule has 0 fully saturated rings. The molecular formula is C13H16N4O3S2. The first kappa shape index (κ1) is 16.5. The standard InChI is InChI=1S/C13H16N4O3S2/c1-8-6-4-5-7-11(8)9(2)17-22(19,20)13-16-15-12(21-13)14-10(3)18/h4-7,9,17H,1-3H3,(H,14,15,18). The molecule has 1 aromatic carbocycles. The number of aromatic nitrogens is 2. The Morgan fingerprint density at radius 2 is 1.95 bits per heavy atom. The Balaban J connectivity index is 2.19. The molecule has 0 aliphatic rings. The molecule has 0 saturated carbocycles. The van der Waals surface area contributed by atoms with E-state index < -0.39 is 16.1 Å². The highest BCUT2D eigenvalue weighted by Gasteiger charge is 2.23. The summed E-state index contributed by atoms with van der Waals surface area (Å²) in [5.74, 6) is -0.332. The number of aryl methyl sites for hydroxylation is 1. The molecule has 1 aromatic heterocycles. The second-order valence-corrected chi connectivity index (χ2v) is 7.62. The fourth-order valence-corrected chi connectivity index (χ4v) is 4.12. The van der Waals surface area contributed by atoms with E-state index in [0.717, 1.165) is 22.5 Å². The number of carbonyl (C=O) groups excluding carboxylic acids is 1. The summed E-state index contributed by atoms with van der Waals surface area (Å²) >= 11 is 0.805. The first-order chi connectivity index (χ1) is 10.3. The quantitative estimate of drug-likeness (QED) is 0.809. The molecule has 2 N–H and O–H groups in total. The van der Waals surface area contributed by atoms with Gasteiger partial charge in [0.1, 0.15) is 0 Å². The summed E-state index contributed by atoms with van der Waals surface area (Å²) in [6.07, 6.45) is 0. The second-order valence-electron chi connectivity index (χ2n) is 4.75. The van der Waals surface area contributed by atoms with Crippen molar-refractivity contribution in [1.82, 2.24) is 14.9 Å². The summed E-state index contributed by atoms with van der Waals surface area (Å²) in [5.41, 5.74) is 1.88. The molecule has 0 spiro atoms. The zero-order valence-corrected chi connectivity index (χ0v) is 14.0. The highest BCUT2D eigenvalue weighted by atomic mass is 32.2. The Bertz CT molecular complexity index is 786. The second kappa shape index (κ2) is 6.51. The fourth-order valence-electron chi connectivity index (χ4n) is 1.94. The van der Waals surface area contributed by atoms with Gasteiger partial charge in [0.15, 0.2) is 0 Å². The molecule has 0 saturated heterocycles. The molecule has 1 unspecified atom stereocenters. The van der Waals surface area contributed by atoms with E-state index in [-0.39, 0.29) is 15.4 Å². The van der Waals surface area contributed by atoms with E-state index in [0.29, 0.717) is 0 Å². The van der Waals surface area contributed by atoms with E-state index in [1.807, 2.05) is 31.2 Å². The van der Waals surface area contributed by atoms with Crippen LogP contribution in [-0.2, 0) is 14.8 Å². The number of benzene rings is 1. The van der Waals surface area contributed by atoms with Crippen molar-refractivity contribution >= 4 is 32.4 Å². The lowest BCUT2D eigenvalue weighted by Crippen LogP contribution is -2.27. The van der Waals surface area contributed by atoms with Crippen LogP contribution in [0.25, 0.3) is 0 Å². The van der Waals surface area contributed by atoms with Crippen LogP contribution in [0, 0.1) is 6.92 Å². The number of sulfonamides is 1. The van der Waals surface area contributed by atoms with Crippen LogP contribution in [0.5, 0.6) is 0 Å². The molecule has 7 nitrogen and oxygen atoms in total. The van der Waals surface area contributed by atoms with Crippen molar-refractivity contribution < 1.29 is 13.2 Å². The summed E-state index contributed by atoms with van der Waals surface area (Å²) in [7, 11) is -3.80. The Labute approximate surface area is 132 Å². The van der Waals surface area contributed by atoms with Gasteiger partial charge in [-0.05, 0) is 25.0 Å². The van der Waals surface area contributed by atoms with Crippen LogP contribution in [0.2, 0.25) is 0 Å². The molecule has 2 rings (SSSR count). The summed E-state index contributed by atoms with van der Waals surface area (Å²) in [6.45, 7) is 4.99. The average Bonchev–Trinajstić information content (AvgIpc) is 2.87. The van der Waals surface area contributed by atoms with Gasteiger partial charge in [0, 0.05) is 13.0 Å². The van der Waals surface area contributed by atoms with Crippen LogP contribution in [0.1, 0.15) is 31.0 Å². The molecule has 0 aliphatic heterocycles. The van der Waals surface area contributed by atoms with Gasteiger partial charge < -0.3 is 5.32 Å². The minimum atomic E-state index is -3.80. The maximum Gasteiger partial charge on any atom is 0.270 e. The van der Waals surface area contributed by atoms with Crippen LogP contribution in [0.15, 0.2) is 28.6 Å². The zero-order chi connectivity index (χ0) is 16.3. The fraction of sp³-hybridized carbons (Fsp3) is 0.308. The number of nitrogens with one attached hydrogen (secondary N) is 2. The zero-order valence-electron chi connectivity index (χ0n) is 12.3. The SMILES string of the molecule is CC(=O)Nc1nnc(S(=O)(=O)NC(C)c2ccccc2C)s1. The van der Waals surface area contributed by atoms with Crippen molar-refractivity contribution in [1.29, 1.82) is 0 Å². The van der Waals surface area contributed by atoms with Crippen molar-refractivity contribution in [2.24, 2.45) is 0 Å². The van der Waals surface area contributed by atoms with E-state index in [9.17, 15) is 13.2 Å². The summed E-state index contributed by atoms with van der Waals surface area (Å²) in [5, 5.41) is 9.81. The van der Waals surface area contributed by atoms with Crippen LogP contribution in [-0.4, -0.2) is 24.5 Å². The van der Waals surface area contributed by atoms with E-state index >= 15 is 0 Å². The van der Waals surface area contributed by atoms with Gasteiger partial charge in [0.2, 0.25) is 15.4 Å². The third-order valence-corrected chi connectivity index (χ3v) is 5.65. The average molecular weight is 340 g/mol. The van der Waals surface area contributed by atoms with Crippen molar-refractivity contribution in [2.45, 2.75) is 31.2 Å². The van der Waals surface area contributed by atoms with Crippen LogP contribution in [0.4, 0.5) is 5.13 Å². The van der Waals surface area contributed by atoms with Gasteiger partial charge in [-0.25, -0.2) is 13.1 Å². The molecular weight excluding hydrogens is 324 g/mol. The van der Waals surface area contributed by atoms with E-state index in [1.165, 1.54) is 6.92 Å². The topological polar surface area (TPSA) is 101 Å². The van der Waals surface area contributed by atoms with Gasteiger partial charge in [0.25, 0.3) is 10.0 Å². The van der Waals surface area contributed by atoms with Crippen LogP contribution < -0.4 is 10.0 Å². The normalized spacial score (nSPS) is 12.9. The summed E-state index contributed by atoms with van der Waals surface area (Å²) < 4.78 is 27.0. The van der Waals surface area contributed by atoms with Crippen molar-refractivity contribution in [3.05, 3.63) is 35.4 Å². The number of hydrogen-bond donors (Lipinski definition) is 2. The number of nitrogens with zero attached hydrogens (tertiary/aromatic N) is 2. The van der Waals surface area contributed by atoms with Gasteiger partial charge in [0.05, 0.1) is 0 Å². The molecule has 0 bridgehead atoms. The lowest BCUT2D eigenvalue weighted by molar-refractivity contribution is -0.114. The molecule has 1 amide bonds. The molecule has 22 heavy (non-hydrogen) atoms. The number of anilines is 1. The monoisotopic (exact) mass is 340 g/mol. The number of amides is 1. The van der Waals surface area contributed by atoms with Crippen molar-refractivity contribution in [2.75, 3.05) is 5.32 Å². The molecule has 0 aliphatic carbocycles. The molecule has 9 heteroatoms. The summed E-state index contributed by atoms with van der Waals surface area (Å²) in [6, 6.07) is 7.13. The Hall–Kier alpha value is -1.84. The molecule has 1 heterocycles. The minimum absolute atomic E-state index is 0.149. The van der Waals surface area contributed by atoms with Gasteiger partial charge in [-0.15, -0.1) is 10.2 Å². The number of carbonyl (C=O) groups is 1. The smallest absolute Gasteiger partial charge is 0.270 e. The number of hydrogen-bond acceptors (Lipinski definition) is 6. The molecule has 2 aromatic rings. The Morgan fingerprint density at radius 3 is 2.59 bits per heavy atom. The maximum atomic E-state index is 12.3. The van der Waals surface area contributed by atoms with Gasteiger partial charge >= 0.3 is 0 Å². The van der Waals surface area contributed by atoms with Gasteiger partial charge in [-0.1, -0.05) is 35.6 Å². The first-order valence-electron chi connectivity index (χ1n) is 6.48.